The number of morpholine rings is 1. The summed E-state index contributed by atoms with van der Waals surface area (Å²) in [6, 6.07) is 14.4. The highest BCUT2D eigenvalue weighted by Crippen LogP contribution is 2.35. The van der Waals surface area contributed by atoms with Crippen LogP contribution in [0, 0.1) is 0 Å². The zero-order valence-electron chi connectivity index (χ0n) is 16.6. The molecule has 0 bridgehead atoms. The van der Waals surface area contributed by atoms with Crippen molar-refractivity contribution in [3.63, 3.8) is 0 Å². The number of amides is 1. The van der Waals surface area contributed by atoms with E-state index < -0.39 is 10.0 Å². The summed E-state index contributed by atoms with van der Waals surface area (Å²) >= 11 is 7.92. The number of ether oxygens (including phenoxy) is 1. The Bertz CT molecular complexity index is 1210. The van der Waals surface area contributed by atoms with Crippen LogP contribution in [0.3, 0.4) is 0 Å². The molecule has 4 rings (SSSR count). The largest absolute Gasteiger partial charge is 0.379 e. The first-order chi connectivity index (χ1) is 14.9. The Hall–Kier alpha value is -2.23. The fourth-order valence-electron chi connectivity index (χ4n) is 3.25. The second-order valence-electron chi connectivity index (χ2n) is 6.99. The molecule has 3 aromatic rings. The van der Waals surface area contributed by atoms with Gasteiger partial charge in [0.05, 0.1) is 23.1 Å². The molecule has 0 saturated carbocycles. The van der Waals surface area contributed by atoms with Crippen molar-refractivity contribution in [3.8, 4) is 0 Å². The van der Waals surface area contributed by atoms with E-state index in [0.717, 1.165) is 20.5 Å². The molecule has 0 aliphatic carbocycles. The summed E-state index contributed by atoms with van der Waals surface area (Å²) in [5, 5.41) is 4.42. The van der Waals surface area contributed by atoms with E-state index in [1.54, 1.807) is 30.3 Å². The van der Waals surface area contributed by atoms with Crippen molar-refractivity contribution in [2.24, 2.45) is 0 Å². The smallest absolute Gasteiger partial charge is 0.244 e. The number of rotatable bonds is 6. The topological polar surface area (TPSA) is 75.7 Å². The van der Waals surface area contributed by atoms with E-state index in [2.05, 4.69) is 5.32 Å². The molecular weight excluding hydrogens is 456 g/mol. The first kappa shape index (κ1) is 22.0. The number of hydrogen-bond acceptors (Lipinski definition) is 5. The third kappa shape index (κ3) is 4.99. The Labute approximate surface area is 190 Å². The van der Waals surface area contributed by atoms with Crippen molar-refractivity contribution in [1.82, 2.24) is 9.62 Å². The predicted octanol–water partition coefficient (Wildman–Crippen LogP) is 3.91. The van der Waals surface area contributed by atoms with Crippen LogP contribution in [0.1, 0.15) is 10.4 Å². The van der Waals surface area contributed by atoms with Crippen LogP contribution in [0.25, 0.3) is 16.2 Å². The SMILES string of the molecule is O=C(/C=C/c1sc2ccccc2c1Cl)NCc1ccc(S(=O)(=O)N2CCOCC2)cc1. The van der Waals surface area contributed by atoms with Gasteiger partial charge in [-0.3, -0.25) is 4.79 Å². The lowest BCUT2D eigenvalue weighted by Gasteiger charge is -2.26. The lowest BCUT2D eigenvalue weighted by molar-refractivity contribution is -0.116. The van der Waals surface area contributed by atoms with Crippen LogP contribution in [-0.2, 0) is 26.1 Å². The van der Waals surface area contributed by atoms with Gasteiger partial charge in [-0.1, -0.05) is 41.9 Å². The summed E-state index contributed by atoms with van der Waals surface area (Å²) < 4.78 is 33.0. The quantitative estimate of drug-likeness (QED) is 0.547. The predicted molar refractivity (Wildman–Crippen MR) is 124 cm³/mol. The van der Waals surface area contributed by atoms with Crippen molar-refractivity contribution in [2.45, 2.75) is 11.4 Å². The van der Waals surface area contributed by atoms with E-state index in [-0.39, 0.29) is 10.8 Å². The van der Waals surface area contributed by atoms with Crippen LogP contribution in [0.15, 0.2) is 59.5 Å². The Balaban J connectivity index is 1.36. The first-order valence-corrected chi connectivity index (χ1v) is 12.4. The lowest BCUT2D eigenvalue weighted by atomic mass is 10.2. The number of halogens is 1. The second-order valence-corrected chi connectivity index (χ2v) is 10.4. The van der Waals surface area contributed by atoms with E-state index in [1.165, 1.54) is 21.7 Å². The van der Waals surface area contributed by atoms with E-state index in [9.17, 15) is 13.2 Å². The van der Waals surface area contributed by atoms with Gasteiger partial charge in [-0.15, -0.1) is 11.3 Å². The minimum atomic E-state index is -3.52. The van der Waals surface area contributed by atoms with Gasteiger partial charge >= 0.3 is 0 Å². The number of nitrogens with zero attached hydrogens (tertiary/aromatic N) is 1. The van der Waals surface area contributed by atoms with E-state index in [1.807, 2.05) is 24.3 Å². The summed E-state index contributed by atoms with van der Waals surface area (Å²) in [6.45, 7) is 1.82. The van der Waals surface area contributed by atoms with Crippen molar-refractivity contribution >= 4 is 55.0 Å². The highest BCUT2D eigenvalue weighted by atomic mass is 35.5. The van der Waals surface area contributed by atoms with Gasteiger partial charge in [0.15, 0.2) is 0 Å². The minimum Gasteiger partial charge on any atom is -0.379 e. The molecule has 1 saturated heterocycles. The first-order valence-electron chi connectivity index (χ1n) is 9.75. The fraction of sp³-hybridized carbons (Fsp3) is 0.227. The Morgan fingerprint density at radius 1 is 1.13 bits per heavy atom. The third-order valence-electron chi connectivity index (χ3n) is 4.94. The zero-order chi connectivity index (χ0) is 21.8. The van der Waals surface area contributed by atoms with Crippen LogP contribution in [0.5, 0.6) is 0 Å². The van der Waals surface area contributed by atoms with Crippen molar-refractivity contribution in [3.05, 3.63) is 70.1 Å². The van der Waals surface area contributed by atoms with E-state index in [0.29, 0.717) is 37.9 Å². The van der Waals surface area contributed by atoms with E-state index in [4.69, 9.17) is 16.3 Å². The normalized spacial score (nSPS) is 15.5. The molecule has 0 unspecified atom stereocenters. The average Bonchev–Trinajstić information content (AvgIpc) is 3.13. The molecule has 162 valence electrons. The van der Waals surface area contributed by atoms with Crippen LogP contribution in [-0.4, -0.2) is 44.9 Å². The highest BCUT2D eigenvalue weighted by molar-refractivity contribution is 7.89. The van der Waals surface area contributed by atoms with Gasteiger partial charge in [0.1, 0.15) is 0 Å². The maximum Gasteiger partial charge on any atom is 0.244 e. The molecule has 31 heavy (non-hydrogen) atoms. The van der Waals surface area contributed by atoms with Gasteiger partial charge < -0.3 is 10.1 Å². The molecule has 0 atom stereocenters. The highest BCUT2D eigenvalue weighted by Gasteiger charge is 2.26. The number of thiophene rings is 1. The summed E-state index contributed by atoms with van der Waals surface area (Å²) in [5.74, 6) is -0.251. The minimum absolute atomic E-state index is 0.240. The van der Waals surface area contributed by atoms with Crippen LogP contribution < -0.4 is 5.32 Å². The number of carbonyl (C=O) groups excluding carboxylic acids is 1. The maximum atomic E-state index is 12.7. The molecule has 1 amide bonds. The van der Waals surface area contributed by atoms with Gasteiger partial charge in [-0.05, 0) is 29.8 Å². The van der Waals surface area contributed by atoms with Crippen LogP contribution in [0.4, 0.5) is 0 Å². The summed E-state index contributed by atoms with van der Waals surface area (Å²) in [5.41, 5.74) is 0.808. The average molecular weight is 477 g/mol. The van der Waals surface area contributed by atoms with Crippen LogP contribution in [0.2, 0.25) is 5.02 Å². The summed E-state index contributed by atoms with van der Waals surface area (Å²) in [4.78, 5) is 13.3. The number of hydrogen-bond donors (Lipinski definition) is 1. The number of benzene rings is 2. The number of nitrogens with one attached hydrogen (secondary N) is 1. The van der Waals surface area contributed by atoms with Gasteiger partial charge in [0.2, 0.25) is 15.9 Å². The molecule has 1 fully saturated rings. The lowest BCUT2D eigenvalue weighted by Crippen LogP contribution is -2.40. The molecule has 9 heteroatoms. The molecule has 1 aliphatic rings. The fourth-order valence-corrected chi connectivity index (χ4v) is 6.06. The summed E-state index contributed by atoms with van der Waals surface area (Å²) in [6.07, 6.45) is 3.16. The van der Waals surface area contributed by atoms with Gasteiger partial charge in [-0.25, -0.2) is 8.42 Å². The molecule has 1 aromatic heterocycles. The summed E-state index contributed by atoms with van der Waals surface area (Å²) in [7, 11) is -3.52. The standard InChI is InChI=1S/C22H21ClN2O4S2/c23-22-18-3-1-2-4-19(18)30-20(22)9-10-21(26)24-15-16-5-7-17(8-6-16)31(27,28)25-11-13-29-14-12-25/h1-10H,11-15H2,(H,24,26)/b10-9+. The molecule has 2 heterocycles. The van der Waals surface area contributed by atoms with E-state index >= 15 is 0 Å². The van der Waals surface area contributed by atoms with Gasteiger partial charge in [0.25, 0.3) is 0 Å². The molecule has 1 aliphatic heterocycles. The van der Waals surface area contributed by atoms with Gasteiger partial charge in [0, 0.05) is 40.7 Å². The van der Waals surface area contributed by atoms with Crippen molar-refractivity contribution in [2.75, 3.05) is 26.3 Å². The van der Waals surface area contributed by atoms with Crippen molar-refractivity contribution in [1.29, 1.82) is 0 Å². The Morgan fingerprint density at radius 3 is 2.55 bits per heavy atom. The Kier molecular flexibility index (Phi) is 6.74. The second kappa shape index (κ2) is 9.50. The molecule has 6 nitrogen and oxygen atoms in total. The van der Waals surface area contributed by atoms with Crippen molar-refractivity contribution < 1.29 is 17.9 Å². The number of sulfonamides is 1. The number of fused-ring (bicyclic) bond motifs is 1. The zero-order valence-corrected chi connectivity index (χ0v) is 19.0. The number of carbonyl (C=O) groups is 1. The third-order valence-corrected chi connectivity index (χ3v) is 8.51. The molecular formula is C22H21ClN2O4S2. The van der Waals surface area contributed by atoms with Crippen LogP contribution >= 0.6 is 22.9 Å². The maximum absolute atomic E-state index is 12.7. The molecule has 0 radical (unpaired) electrons. The molecule has 1 N–H and O–H groups in total. The Morgan fingerprint density at radius 2 is 1.84 bits per heavy atom. The molecule has 2 aromatic carbocycles. The van der Waals surface area contributed by atoms with Gasteiger partial charge in [-0.2, -0.15) is 4.31 Å². The monoisotopic (exact) mass is 476 g/mol. The molecule has 0 spiro atoms.